The summed E-state index contributed by atoms with van der Waals surface area (Å²) < 4.78 is 10.4. The number of benzene rings is 1. The van der Waals surface area contributed by atoms with Gasteiger partial charge in [-0.15, -0.1) is 0 Å². The molecule has 1 rings (SSSR count). The molecule has 1 aromatic carbocycles. The summed E-state index contributed by atoms with van der Waals surface area (Å²) in [4.78, 5) is 10.7. The normalized spacial score (nSPS) is 12.1. The van der Waals surface area contributed by atoms with Gasteiger partial charge in [0.1, 0.15) is 16.5 Å². The van der Waals surface area contributed by atoms with Crippen LogP contribution in [0.5, 0.6) is 11.5 Å². The SMILES string of the molecule is COc1c(C)cc(C(N)CC(=O)O)c(OC)c1Cl. The Balaban J connectivity index is 3.31. The second-order valence-corrected chi connectivity index (χ2v) is 4.25. The predicted molar refractivity (Wildman–Crippen MR) is 68.5 cm³/mol. The molecule has 0 radical (unpaired) electrons. The van der Waals surface area contributed by atoms with Crippen LogP contribution < -0.4 is 15.2 Å². The van der Waals surface area contributed by atoms with E-state index in [-0.39, 0.29) is 6.42 Å². The number of carbonyl (C=O) groups is 1. The van der Waals surface area contributed by atoms with Crippen molar-refractivity contribution in [3.8, 4) is 11.5 Å². The third-order valence-corrected chi connectivity index (χ3v) is 2.94. The van der Waals surface area contributed by atoms with Crippen molar-refractivity contribution in [3.63, 3.8) is 0 Å². The van der Waals surface area contributed by atoms with Crippen molar-refractivity contribution in [1.82, 2.24) is 0 Å². The van der Waals surface area contributed by atoms with Gasteiger partial charge >= 0.3 is 5.97 Å². The molecule has 1 atom stereocenters. The first-order chi connectivity index (χ1) is 8.42. The summed E-state index contributed by atoms with van der Waals surface area (Å²) in [6.45, 7) is 1.81. The van der Waals surface area contributed by atoms with E-state index < -0.39 is 12.0 Å². The quantitative estimate of drug-likeness (QED) is 0.859. The molecular weight excluding hydrogens is 258 g/mol. The van der Waals surface area contributed by atoms with Crippen LogP contribution in [-0.2, 0) is 4.79 Å². The molecule has 0 spiro atoms. The number of hydrogen-bond donors (Lipinski definition) is 2. The highest BCUT2D eigenvalue weighted by atomic mass is 35.5. The highest BCUT2D eigenvalue weighted by molar-refractivity contribution is 6.33. The third kappa shape index (κ3) is 2.86. The van der Waals surface area contributed by atoms with Gasteiger partial charge in [-0.05, 0) is 18.6 Å². The fraction of sp³-hybridized carbons (Fsp3) is 0.417. The predicted octanol–water partition coefficient (Wildman–Crippen LogP) is 2.14. The van der Waals surface area contributed by atoms with Gasteiger partial charge in [0.15, 0.2) is 0 Å². The number of aryl methyl sites for hydroxylation is 1. The lowest BCUT2D eigenvalue weighted by molar-refractivity contribution is -0.137. The fourth-order valence-electron chi connectivity index (χ4n) is 1.80. The summed E-state index contributed by atoms with van der Waals surface area (Å²) in [7, 11) is 2.96. The summed E-state index contributed by atoms with van der Waals surface area (Å²) in [5.41, 5.74) is 7.18. The molecule has 0 aliphatic carbocycles. The Morgan fingerprint density at radius 1 is 1.44 bits per heavy atom. The molecule has 1 unspecified atom stereocenters. The first-order valence-electron chi connectivity index (χ1n) is 5.30. The van der Waals surface area contributed by atoms with Gasteiger partial charge in [0.2, 0.25) is 0 Å². The molecule has 0 heterocycles. The Morgan fingerprint density at radius 3 is 2.44 bits per heavy atom. The Morgan fingerprint density at radius 2 is 2.00 bits per heavy atom. The molecule has 18 heavy (non-hydrogen) atoms. The minimum atomic E-state index is -0.978. The van der Waals surface area contributed by atoms with Crippen molar-refractivity contribution in [2.45, 2.75) is 19.4 Å². The van der Waals surface area contributed by atoms with Gasteiger partial charge in [-0.25, -0.2) is 0 Å². The number of nitrogens with two attached hydrogens (primary N) is 1. The van der Waals surface area contributed by atoms with E-state index in [2.05, 4.69) is 0 Å². The van der Waals surface area contributed by atoms with Crippen LogP contribution in [0.15, 0.2) is 6.07 Å². The molecule has 0 bridgehead atoms. The average Bonchev–Trinajstić information content (AvgIpc) is 2.28. The number of aliphatic carboxylic acids is 1. The summed E-state index contributed by atoms with van der Waals surface area (Å²) in [6, 6.07) is 1.05. The van der Waals surface area contributed by atoms with Gasteiger partial charge in [-0.2, -0.15) is 0 Å². The highest BCUT2D eigenvalue weighted by Gasteiger charge is 2.21. The molecule has 0 aromatic heterocycles. The van der Waals surface area contributed by atoms with Gasteiger partial charge in [0, 0.05) is 11.6 Å². The molecule has 6 heteroatoms. The Labute approximate surface area is 110 Å². The van der Waals surface area contributed by atoms with Crippen molar-refractivity contribution in [2.24, 2.45) is 5.73 Å². The summed E-state index contributed by atoms with van der Waals surface area (Å²) in [5.74, 6) is -0.123. The monoisotopic (exact) mass is 273 g/mol. The van der Waals surface area contributed by atoms with Gasteiger partial charge in [-0.1, -0.05) is 11.6 Å². The van der Waals surface area contributed by atoms with Crippen molar-refractivity contribution >= 4 is 17.6 Å². The Hall–Kier alpha value is -1.46. The van der Waals surface area contributed by atoms with E-state index in [9.17, 15) is 4.79 Å². The lowest BCUT2D eigenvalue weighted by Crippen LogP contribution is -2.16. The molecule has 0 saturated carbocycles. The number of carboxylic acid groups (broad SMARTS) is 1. The second-order valence-electron chi connectivity index (χ2n) is 3.87. The zero-order chi connectivity index (χ0) is 13.9. The van der Waals surface area contributed by atoms with Crippen molar-refractivity contribution < 1.29 is 19.4 Å². The topological polar surface area (TPSA) is 81.8 Å². The molecule has 5 nitrogen and oxygen atoms in total. The smallest absolute Gasteiger partial charge is 0.305 e. The molecule has 1 aromatic rings. The van der Waals surface area contributed by atoms with E-state index in [1.54, 1.807) is 13.0 Å². The van der Waals surface area contributed by atoms with Crippen LogP contribution in [-0.4, -0.2) is 25.3 Å². The lowest BCUT2D eigenvalue weighted by Gasteiger charge is -2.18. The minimum absolute atomic E-state index is 0.196. The van der Waals surface area contributed by atoms with Crippen LogP contribution in [0.3, 0.4) is 0 Å². The highest BCUT2D eigenvalue weighted by Crippen LogP contribution is 2.41. The number of halogens is 1. The Kier molecular flexibility index (Phi) is 4.81. The maximum atomic E-state index is 10.7. The zero-order valence-corrected chi connectivity index (χ0v) is 11.2. The van der Waals surface area contributed by atoms with E-state index in [0.29, 0.717) is 22.1 Å². The number of methoxy groups -OCH3 is 2. The maximum absolute atomic E-state index is 10.7. The van der Waals surface area contributed by atoms with Crippen LogP contribution in [0.1, 0.15) is 23.6 Å². The van der Waals surface area contributed by atoms with E-state index >= 15 is 0 Å². The lowest BCUT2D eigenvalue weighted by atomic mass is 10.0. The molecule has 0 saturated heterocycles. The van der Waals surface area contributed by atoms with Gasteiger partial charge in [-0.3, -0.25) is 4.79 Å². The number of ether oxygens (including phenoxy) is 2. The van der Waals surface area contributed by atoms with Crippen LogP contribution in [0.2, 0.25) is 5.02 Å². The van der Waals surface area contributed by atoms with Crippen molar-refractivity contribution in [2.75, 3.05) is 14.2 Å². The van der Waals surface area contributed by atoms with Crippen LogP contribution >= 0.6 is 11.6 Å². The number of rotatable bonds is 5. The van der Waals surface area contributed by atoms with Crippen LogP contribution in [0, 0.1) is 6.92 Å². The number of hydrogen-bond acceptors (Lipinski definition) is 4. The van der Waals surface area contributed by atoms with E-state index in [4.69, 9.17) is 31.9 Å². The first kappa shape index (κ1) is 14.6. The van der Waals surface area contributed by atoms with E-state index in [1.807, 2.05) is 0 Å². The fourth-order valence-corrected chi connectivity index (χ4v) is 2.21. The molecule has 0 aliphatic rings. The molecule has 0 aliphatic heterocycles. The molecular formula is C12H16ClNO4. The van der Waals surface area contributed by atoms with Gasteiger partial charge < -0.3 is 20.3 Å². The van der Waals surface area contributed by atoms with Crippen LogP contribution in [0.4, 0.5) is 0 Å². The maximum Gasteiger partial charge on any atom is 0.305 e. The Bertz CT molecular complexity index is 462. The van der Waals surface area contributed by atoms with Crippen molar-refractivity contribution in [1.29, 1.82) is 0 Å². The van der Waals surface area contributed by atoms with Gasteiger partial charge in [0.25, 0.3) is 0 Å². The molecule has 0 fully saturated rings. The standard InChI is InChI=1S/C12H16ClNO4/c1-6-4-7(8(14)5-9(15)16)12(18-3)10(13)11(6)17-2/h4,8H,5,14H2,1-3H3,(H,15,16). The molecule has 0 amide bonds. The third-order valence-electron chi connectivity index (χ3n) is 2.59. The number of carboxylic acids is 1. The van der Waals surface area contributed by atoms with E-state index in [1.165, 1.54) is 14.2 Å². The van der Waals surface area contributed by atoms with Gasteiger partial charge in [0.05, 0.1) is 20.6 Å². The van der Waals surface area contributed by atoms with E-state index in [0.717, 1.165) is 5.56 Å². The zero-order valence-electron chi connectivity index (χ0n) is 10.5. The molecule has 100 valence electrons. The summed E-state index contributed by atoms with van der Waals surface area (Å²) in [5, 5.41) is 9.07. The largest absolute Gasteiger partial charge is 0.495 e. The summed E-state index contributed by atoms with van der Waals surface area (Å²) >= 11 is 6.15. The first-order valence-corrected chi connectivity index (χ1v) is 5.68. The minimum Gasteiger partial charge on any atom is -0.495 e. The average molecular weight is 274 g/mol. The molecule has 3 N–H and O–H groups in total. The second kappa shape index (κ2) is 5.93. The van der Waals surface area contributed by atoms with Crippen molar-refractivity contribution in [3.05, 3.63) is 22.2 Å². The summed E-state index contributed by atoms with van der Waals surface area (Å²) in [6.07, 6.45) is -0.196. The van der Waals surface area contributed by atoms with Crippen LogP contribution in [0.25, 0.3) is 0 Å².